The number of nitrogens with zero attached hydrogens (tertiary/aromatic N) is 1. The SMILES string of the molecule is CCCOC(=O)O[C@H]1CCCC[C@H](CC(=O)c2nccc(OC)c2OCOC(C)=O)C(=O)O[C@@H](C)[C@@H]1OCC(C)C. The molecule has 0 radical (unpaired) electrons. The molecule has 0 unspecified atom stereocenters. The molecule has 0 aliphatic carbocycles. The number of cyclic esters (lactones) is 1. The topological polar surface area (TPSA) is 146 Å². The highest BCUT2D eigenvalue weighted by atomic mass is 16.7. The van der Waals surface area contributed by atoms with Gasteiger partial charge >= 0.3 is 18.1 Å². The van der Waals surface area contributed by atoms with E-state index in [1.165, 1.54) is 26.3 Å². The van der Waals surface area contributed by atoms with Gasteiger partial charge in [-0.1, -0.05) is 27.2 Å². The molecule has 0 saturated carbocycles. The van der Waals surface area contributed by atoms with Crippen molar-refractivity contribution in [3.05, 3.63) is 18.0 Å². The number of pyridine rings is 1. The summed E-state index contributed by atoms with van der Waals surface area (Å²) in [5.41, 5.74) is -0.0494. The molecule has 12 heteroatoms. The lowest BCUT2D eigenvalue weighted by atomic mass is 9.92. The van der Waals surface area contributed by atoms with Crippen molar-refractivity contribution in [2.75, 3.05) is 27.1 Å². The number of esters is 2. The first-order chi connectivity index (χ1) is 19.6. The molecule has 2 rings (SSSR count). The van der Waals surface area contributed by atoms with E-state index >= 15 is 0 Å². The monoisotopic (exact) mass is 581 g/mol. The molecular formula is C29H43NO11. The molecule has 0 bridgehead atoms. The standard InChI is InChI=1S/C29H43NO11/c1-7-14-36-29(34)41-24-11-9-8-10-21(28(33)40-19(4)26(24)37-16-18(2)3)15-22(32)25-27(39-17-38-20(5)31)23(35-6)12-13-30-25/h12-13,18-19,21,24,26H,7-11,14-17H2,1-6H3/t19-,21+,24-,26-/m0/s1. The fourth-order valence-electron chi connectivity index (χ4n) is 4.29. The lowest BCUT2D eigenvalue weighted by Crippen LogP contribution is -2.45. The first-order valence-electron chi connectivity index (χ1n) is 14.0. The van der Waals surface area contributed by atoms with Gasteiger partial charge in [0.1, 0.15) is 18.3 Å². The lowest BCUT2D eigenvalue weighted by Gasteiger charge is -2.33. The fraction of sp³-hybridized carbons (Fsp3) is 0.690. The van der Waals surface area contributed by atoms with Gasteiger partial charge in [-0.05, 0) is 38.5 Å². The minimum absolute atomic E-state index is 0.0138. The van der Waals surface area contributed by atoms with Crippen molar-refractivity contribution in [3.8, 4) is 11.5 Å². The Kier molecular flexibility index (Phi) is 14.4. The zero-order valence-corrected chi connectivity index (χ0v) is 24.8. The minimum Gasteiger partial charge on any atom is -0.493 e. The number of rotatable bonds is 13. The average molecular weight is 582 g/mol. The second-order valence-electron chi connectivity index (χ2n) is 10.3. The largest absolute Gasteiger partial charge is 0.508 e. The highest BCUT2D eigenvalue weighted by Gasteiger charge is 2.37. The molecule has 1 fully saturated rings. The Bertz CT molecular complexity index is 1010. The second kappa shape index (κ2) is 17.4. The van der Waals surface area contributed by atoms with Crippen LogP contribution < -0.4 is 9.47 Å². The highest BCUT2D eigenvalue weighted by Crippen LogP contribution is 2.32. The zero-order chi connectivity index (χ0) is 30.4. The van der Waals surface area contributed by atoms with Crippen molar-refractivity contribution in [2.45, 2.75) is 91.5 Å². The van der Waals surface area contributed by atoms with Gasteiger partial charge in [0.25, 0.3) is 0 Å². The van der Waals surface area contributed by atoms with Crippen LogP contribution >= 0.6 is 0 Å². The predicted molar refractivity (Wildman–Crippen MR) is 146 cm³/mol. The van der Waals surface area contributed by atoms with Gasteiger partial charge in [-0.15, -0.1) is 0 Å². The van der Waals surface area contributed by atoms with Gasteiger partial charge in [-0.25, -0.2) is 9.78 Å². The van der Waals surface area contributed by atoms with E-state index in [0.29, 0.717) is 38.7 Å². The van der Waals surface area contributed by atoms with E-state index in [1.807, 2.05) is 20.8 Å². The summed E-state index contributed by atoms with van der Waals surface area (Å²) >= 11 is 0. The van der Waals surface area contributed by atoms with Crippen LogP contribution in [-0.4, -0.2) is 74.3 Å². The molecule has 1 aromatic rings. The summed E-state index contributed by atoms with van der Waals surface area (Å²) in [5, 5.41) is 0. The van der Waals surface area contributed by atoms with Crippen LogP contribution in [0, 0.1) is 11.8 Å². The quantitative estimate of drug-likeness (QED) is 0.138. The number of ketones is 1. The number of carbonyl (C=O) groups is 4. The first kappa shape index (κ1) is 33.8. The predicted octanol–water partition coefficient (Wildman–Crippen LogP) is 4.66. The van der Waals surface area contributed by atoms with E-state index in [2.05, 4.69) is 4.98 Å². The van der Waals surface area contributed by atoms with Crippen molar-refractivity contribution in [1.29, 1.82) is 0 Å². The first-order valence-corrected chi connectivity index (χ1v) is 14.0. The third-order valence-corrected chi connectivity index (χ3v) is 6.30. The summed E-state index contributed by atoms with van der Waals surface area (Å²) in [5.74, 6) is -1.90. The van der Waals surface area contributed by atoms with Crippen LogP contribution in [0.1, 0.15) is 83.6 Å². The normalized spacial score (nSPS) is 21.4. The summed E-state index contributed by atoms with van der Waals surface area (Å²) in [6.07, 6.45) is 0.959. The number of methoxy groups -OCH3 is 1. The van der Waals surface area contributed by atoms with Gasteiger partial charge < -0.3 is 33.2 Å². The number of ether oxygens (including phenoxy) is 7. The van der Waals surface area contributed by atoms with Crippen LogP contribution in [-0.2, 0) is 33.3 Å². The van der Waals surface area contributed by atoms with Gasteiger partial charge in [-0.2, -0.15) is 0 Å². The molecule has 0 aromatic carbocycles. The molecule has 0 amide bonds. The maximum atomic E-state index is 13.4. The summed E-state index contributed by atoms with van der Waals surface area (Å²) in [7, 11) is 1.40. The number of aromatic nitrogens is 1. The Balaban J connectivity index is 2.21. The zero-order valence-electron chi connectivity index (χ0n) is 24.8. The average Bonchev–Trinajstić information content (AvgIpc) is 2.92. The molecular weight excluding hydrogens is 538 g/mol. The molecule has 1 aliphatic heterocycles. The van der Waals surface area contributed by atoms with Crippen LogP contribution in [0.2, 0.25) is 0 Å². The molecule has 1 aromatic heterocycles. The van der Waals surface area contributed by atoms with E-state index < -0.39 is 54.9 Å². The summed E-state index contributed by atoms with van der Waals surface area (Å²) in [6, 6.07) is 1.51. The van der Waals surface area contributed by atoms with Crippen molar-refractivity contribution >= 4 is 23.9 Å². The second-order valence-corrected chi connectivity index (χ2v) is 10.3. The summed E-state index contributed by atoms with van der Waals surface area (Å²) in [4.78, 5) is 54.3. The van der Waals surface area contributed by atoms with E-state index in [9.17, 15) is 19.2 Å². The van der Waals surface area contributed by atoms with Gasteiger partial charge in [0, 0.05) is 32.2 Å². The Morgan fingerprint density at radius 2 is 1.88 bits per heavy atom. The van der Waals surface area contributed by atoms with Crippen LogP contribution in [0.5, 0.6) is 11.5 Å². The molecule has 230 valence electrons. The number of hydrogen-bond donors (Lipinski definition) is 0. The third-order valence-electron chi connectivity index (χ3n) is 6.30. The van der Waals surface area contributed by atoms with E-state index in [0.717, 1.165) is 0 Å². The van der Waals surface area contributed by atoms with E-state index in [1.54, 1.807) is 6.92 Å². The molecule has 12 nitrogen and oxygen atoms in total. The summed E-state index contributed by atoms with van der Waals surface area (Å²) < 4.78 is 38.2. The molecule has 0 N–H and O–H groups in total. The molecule has 1 aliphatic rings. The van der Waals surface area contributed by atoms with E-state index in [-0.39, 0.29) is 36.1 Å². The van der Waals surface area contributed by atoms with Crippen molar-refractivity contribution in [2.24, 2.45) is 11.8 Å². The van der Waals surface area contributed by atoms with Crippen LogP contribution in [0.3, 0.4) is 0 Å². The Labute approximate surface area is 241 Å². The van der Waals surface area contributed by atoms with Gasteiger partial charge in [0.15, 0.2) is 23.0 Å². The molecule has 4 atom stereocenters. The summed E-state index contributed by atoms with van der Waals surface area (Å²) in [6.45, 7) is 8.94. The van der Waals surface area contributed by atoms with Crippen LogP contribution in [0.25, 0.3) is 0 Å². The molecule has 1 saturated heterocycles. The van der Waals surface area contributed by atoms with Crippen molar-refractivity contribution in [3.63, 3.8) is 0 Å². The molecule has 0 spiro atoms. The third kappa shape index (κ3) is 11.2. The lowest BCUT2D eigenvalue weighted by molar-refractivity contribution is -0.171. The number of carbonyl (C=O) groups excluding carboxylic acids is 4. The van der Waals surface area contributed by atoms with Crippen molar-refractivity contribution in [1.82, 2.24) is 4.98 Å². The maximum Gasteiger partial charge on any atom is 0.508 e. The minimum atomic E-state index is -0.786. The van der Waals surface area contributed by atoms with Gasteiger partial charge in [0.2, 0.25) is 6.79 Å². The molecule has 41 heavy (non-hydrogen) atoms. The Morgan fingerprint density at radius 3 is 2.54 bits per heavy atom. The number of Topliss-reactive ketones (excluding diaryl/α,β-unsaturated/α-hetero) is 1. The van der Waals surface area contributed by atoms with E-state index in [4.69, 9.17) is 33.2 Å². The van der Waals surface area contributed by atoms with Gasteiger partial charge in [0.05, 0.1) is 19.6 Å². The fourth-order valence-corrected chi connectivity index (χ4v) is 4.29. The Morgan fingerprint density at radius 1 is 1.15 bits per heavy atom. The Hall–Kier alpha value is -3.41. The van der Waals surface area contributed by atoms with Gasteiger partial charge in [-0.3, -0.25) is 14.4 Å². The van der Waals surface area contributed by atoms with Crippen molar-refractivity contribution < 1.29 is 52.3 Å². The highest BCUT2D eigenvalue weighted by molar-refractivity contribution is 5.99. The number of hydrogen-bond acceptors (Lipinski definition) is 12. The maximum absolute atomic E-state index is 13.4. The van der Waals surface area contributed by atoms with Crippen LogP contribution in [0.15, 0.2) is 12.3 Å². The van der Waals surface area contributed by atoms with Crippen LogP contribution in [0.4, 0.5) is 4.79 Å². The molecule has 2 heterocycles. The smallest absolute Gasteiger partial charge is 0.493 e.